The second kappa shape index (κ2) is 17.5. The lowest BCUT2D eigenvalue weighted by molar-refractivity contribution is -0.141. The van der Waals surface area contributed by atoms with Crippen molar-refractivity contribution in [2.24, 2.45) is 0 Å². The summed E-state index contributed by atoms with van der Waals surface area (Å²) in [7, 11) is 0. The van der Waals surface area contributed by atoms with Crippen molar-refractivity contribution in [3.05, 3.63) is 91.9 Å². The van der Waals surface area contributed by atoms with E-state index in [1.54, 1.807) is 25.4 Å². The Bertz CT molecular complexity index is 1400. The number of nitrogens with zero attached hydrogens (tertiary/aromatic N) is 2. The molecule has 12 heteroatoms. The summed E-state index contributed by atoms with van der Waals surface area (Å²) in [5, 5.41) is 1.93. The summed E-state index contributed by atoms with van der Waals surface area (Å²) < 4.78 is 28.3. The van der Waals surface area contributed by atoms with Crippen molar-refractivity contribution in [3.8, 4) is 0 Å². The van der Waals surface area contributed by atoms with E-state index in [9.17, 15) is 0 Å². The molecule has 7 nitrogen and oxygen atoms in total. The molecule has 3 aromatic rings. The first-order valence-electron chi connectivity index (χ1n) is 14.6. The molecule has 0 bridgehead atoms. The van der Waals surface area contributed by atoms with E-state index in [0.717, 1.165) is 24.0 Å². The maximum absolute atomic E-state index is 6.02. The molecule has 1 aromatic carbocycles. The Hall–Kier alpha value is -1.59. The van der Waals surface area contributed by atoms with Crippen LogP contribution in [0.25, 0.3) is 0 Å². The number of aromatic nitrogens is 2. The zero-order valence-corrected chi connectivity index (χ0v) is 30.2. The molecule has 2 aliphatic rings. The maximum atomic E-state index is 6.02. The summed E-state index contributed by atoms with van der Waals surface area (Å²) in [5.74, 6) is -1.03. The molecule has 2 saturated heterocycles. The van der Waals surface area contributed by atoms with E-state index < -0.39 is 11.6 Å². The molecule has 246 valence electrons. The van der Waals surface area contributed by atoms with Crippen molar-refractivity contribution in [1.82, 2.24) is 9.97 Å². The van der Waals surface area contributed by atoms with Gasteiger partial charge in [-0.2, -0.15) is 0 Å². The molecule has 0 radical (unpaired) electrons. The third-order valence-electron chi connectivity index (χ3n) is 6.66. The molecule has 5 rings (SSSR count). The van der Waals surface area contributed by atoms with Crippen molar-refractivity contribution in [2.45, 2.75) is 90.7 Å². The first-order chi connectivity index (χ1) is 21.1. The van der Waals surface area contributed by atoms with Crippen molar-refractivity contribution in [2.75, 3.05) is 13.2 Å². The molecule has 2 aliphatic heterocycles. The predicted molar refractivity (Wildman–Crippen MR) is 185 cm³/mol. The second-order valence-corrected chi connectivity index (χ2v) is 13.7. The van der Waals surface area contributed by atoms with E-state index in [1.807, 2.05) is 52.0 Å². The highest BCUT2D eigenvalue weighted by atomic mass is 35.5. The van der Waals surface area contributed by atoms with Gasteiger partial charge in [0, 0.05) is 31.3 Å². The van der Waals surface area contributed by atoms with Gasteiger partial charge in [0.25, 0.3) is 0 Å². The molecular weight excluding hydrogens is 678 g/mol. The monoisotopic (exact) mass is 716 g/mol. The largest absolute Gasteiger partial charge is 0.479 e. The Morgan fingerprint density at radius 1 is 0.889 bits per heavy atom. The van der Waals surface area contributed by atoms with E-state index in [4.69, 9.17) is 82.3 Å². The lowest BCUT2D eigenvalue weighted by atomic mass is 10.1. The molecule has 2 fully saturated rings. The van der Waals surface area contributed by atoms with Crippen LogP contribution in [0.5, 0.6) is 0 Å². The van der Waals surface area contributed by atoms with Crippen LogP contribution in [0.1, 0.15) is 70.3 Å². The highest BCUT2D eigenvalue weighted by Gasteiger charge is 2.35. The fourth-order valence-electron chi connectivity index (χ4n) is 4.55. The molecule has 0 aliphatic carbocycles. The van der Waals surface area contributed by atoms with Gasteiger partial charge in [-0.3, -0.25) is 0 Å². The Balaban J connectivity index is 0.000000205. The maximum Gasteiger partial charge on any atom is 0.163 e. The second-order valence-electron chi connectivity index (χ2n) is 11.6. The van der Waals surface area contributed by atoms with Gasteiger partial charge in [0.2, 0.25) is 0 Å². The molecule has 0 N–H and O–H groups in total. The van der Waals surface area contributed by atoms with Crippen LogP contribution in [0.15, 0.2) is 54.9 Å². The third kappa shape index (κ3) is 13.6. The van der Waals surface area contributed by atoms with Crippen molar-refractivity contribution >= 4 is 63.7 Å². The standard InChI is InChI=1S/C14H17Cl2NO3S.C12H15Cl2NO2.C7H8/c1-8(21)19-12(5-10-7-18-14(2,3)20-10)9-4-11(15)13(16)17-6-9;1-12(2)16-7-9(17-12)4-3-8-5-10(13)11(14)15-6-8;1-7-5-3-2-4-6-7/h4,6,10,12H,5,7H2,1-3H3;5-6,9H,3-4,7H2,1-2H3;2-6H,1H3/t10-,12?;9-;/m11./s1. The minimum Gasteiger partial charge on any atom is -0.479 e. The van der Waals surface area contributed by atoms with Gasteiger partial charge in [0.1, 0.15) is 16.4 Å². The van der Waals surface area contributed by atoms with E-state index >= 15 is 0 Å². The Kier molecular flexibility index (Phi) is 14.7. The normalized spacial score (nSPS) is 20.3. The lowest BCUT2D eigenvalue weighted by Crippen LogP contribution is -2.23. The first-order valence-corrected chi connectivity index (χ1v) is 16.5. The number of aryl methyl sites for hydroxylation is 2. The van der Waals surface area contributed by atoms with Gasteiger partial charge in [-0.05, 0) is 77.4 Å². The van der Waals surface area contributed by atoms with Gasteiger partial charge in [-0.25, -0.2) is 9.97 Å². The average Bonchev–Trinajstić information content (AvgIpc) is 3.50. The van der Waals surface area contributed by atoms with Crippen molar-refractivity contribution < 1.29 is 23.7 Å². The van der Waals surface area contributed by atoms with Gasteiger partial charge < -0.3 is 23.7 Å². The Labute approximate surface area is 291 Å². The van der Waals surface area contributed by atoms with Crippen molar-refractivity contribution in [1.29, 1.82) is 0 Å². The first kappa shape index (κ1) is 37.9. The fraction of sp³-hybridized carbons (Fsp3) is 0.485. The average molecular weight is 719 g/mol. The highest BCUT2D eigenvalue weighted by molar-refractivity contribution is 7.80. The minimum absolute atomic E-state index is 0.0752. The lowest BCUT2D eigenvalue weighted by Gasteiger charge is -2.22. The number of pyridine rings is 2. The summed E-state index contributed by atoms with van der Waals surface area (Å²) in [6.45, 7) is 12.6. The summed E-state index contributed by atoms with van der Waals surface area (Å²) >= 11 is 28.6. The molecule has 4 heterocycles. The van der Waals surface area contributed by atoms with Crippen LogP contribution in [0.4, 0.5) is 0 Å². The van der Waals surface area contributed by atoms with Gasteiger partial charge in [0.05, 0.1) is 35.5 Å². The van der Waals surface area contributed by atoms with Crippen LogP contribution in [-0.4, -0.2) is 52.0 Å². The van der Waals surface area contributed by atoms with Gasteiger partial charge in [0.15, 0.2) is 16.6 Å². The molecular formula is C33H40Cl4N2O5S. The molecule has 1 unspecified atom stereocenters. The van der Waals surface area contributed by atoms with Crippen LogP contribution in [0.3, 0.4) is 0 Å². The highest BCUT2D eigenvalue weighted by Crippen LogP contribution is 2.33. The summed E-state index contributed by atoms with van der Waals surface area (Å²) in [5.41, 5.74) is 3.19. The van der Waals surface area contributed by atoms with Crippen LogP contribution in [0, 0.1) is 6.92 Å². The van der Waals surface area contributed by atoms with E-state index in [0.29, 0.717) is 39.9 Å². The summed E-state index contributed by atoms with van der Waals surface area (Å²) in [6.07, 6.45) is 5.49. The number of halogens is 4. The topological polar surface area (TPSA) is 71.9 Å². The van der Waals surface area contributed by atoms with Crippen LogP contribution >= 0.6 is 58.6 Å². The molecule has 0 spiro atoms. The van der Waals surface area contributed by atoms with E-state index in [2.05, 4.69) is 29.0 Å². The zero-order chi connectivity index (χ0) is 33.2. The molecule has 0 saturated carbocycles. The SMILES string of the molecule is CC(=S)OC(C[C@@H]1COC(C)(C)O1)c1cnc(Cl)c(Cl)c1.CC1(C)OC[C@@H](CCc2cnc(Cl)c(Cl)c2)O1.Cc1ccccc1. The van der Waals surface area contributed by atoms with Gasteiger partial charge >= 0.3 is 0 Å². The Morgan fingerprint density at radius 3 is 1.91 bits per heavy atom. The number of hydrogen-bond donors (Lipinski definition) is 0. The number of rotatable bonds is 7. The number of ether oxygens (including phenoxy) is 5. The van der Waals surface area contributed by atoms with Crippen LogP contribution in [-0.2, 0) is 30.1 Å². The molecule has 3 atom stereocenters. The third-order valence-corrected chi connectivity index (χ3v) is 8.13. The van der Waals surface area contributed by atoms with Crippen LogP contribution in [0.2, 0.25) is 20.4 Å². The Morgan fingerprint density at radius 2 is 1.44 bits per heavy atom. The van der Waals surface area contributed by atoms with Crippen molar-refractivity contribution in [3.63, 3.8) is 0 Å². The quantitative estimate of drug-likeness (QED) is 0.177. The number of benzene rings is 1. The van der Waals surface area contributed by atoms with Crippen LogP contribution < -0.4 is 0 Å². The molecule has 2 aromatic heterocycles. The van der Waals surface area contributed by atoms with Gasteiger partial charge in [-0.15, -0.1) is 0 Å². The minimum atomic E-state index is -0.572. The smallest absolute Gasteiger partial charge is 0.163 e. The predicted octanol–water partition coefficient (Wildman–Crippen LogP) is 9.80. The molecule has 0 amide bonds. The van der Waals surface area contributed by atoms with E-state index in [1.165, 1.54) is 5.56 Å². The number of thiocarbonyl (C=S) groups is 1. The van der Waals surface area contributed by atoms with E-state index in [-0.39, 0.29) is 23.5 Å². The van der Waals surface area contributed by atoms with Gasteiger partial charge in [-0.1, -0.05) is 82.3 Å². The molecule has 45 heavy (non-hydrogen) atoms. The fourth-order valence-corrected chi connectivity index (χ4v) is 5.23. The zero-order valence-electron chi connectivity index (χ0n) is 26.3. The number of hydrogen-bond acceptors (Lipinski definition) is 8. The summed E-state index contributed by atoms with van der Waals surface area (Å²) in [4.78, 5) is 8.06. The summed E-state index contributed by atoms with van der Waals surface area (Å²) in [6, 6.07) is 13.8.